The molecule has 0 unspecified atom stereocenters. The summed E-state index contributed by atoms with van der Waals surface area (Å²) in [6.07, 6.45) is 0. The van der Waals surface area contributed by atoms with Gasteiger partial charge in [0, 0.05) is 5.02 Å². The van der Waals surface area contributed by atoms with Gasteiger partial charge in [-0.25, -0.2) is 0 Å². The average Bonchev–Trinajstić information content (AvgIpc) is 2.34. The lowest BCUT2D eigenvalue weighted by molar-refractivity contribution is 0.480. The highest BCUT2D eigenvalue weighted by molar-refractivity contribution is 6.31. The number of para-hydroxylation sites is 2. The summed E-state index contributed by atoms with van der Waals surface area (Å²) in [5.74, 6) is 1.82. The van der Waals surface area contributed by atoms with E-state index in [0.717, 1.165) is 21.9 Å². The first kappa shape index (κ1) is 13.8. The van der Waals surface area contributed by atoms with Crippen molar-refractivity contribution in [2.45, 2.75) is 26.7 Å². The Hall–Kier alpha value is -1.67. The van der Waals surface area contributed by atoms with E-state index in [4.69, 9.17) is 22.1 Å². The molecule has 0 atom stereocenters. The van der Waals surface area contributed by atoms with E-state index in [2.05, 4.69) is 13.8 Å². The quantitative estimate of drug-likeness (QED) is 0.787. The van der Waals surface area contributed by atoms with Gasteiger partial charge in [0.05, 0.1) is 5.69 Å². The van der Waals surface area contributed by atoms with Crippen LogP contribution in [-0.4, -0.2) is 0 Å². The van der Waals surface area contributed by atoms with Gasteiger partial charge in [0.1, 0.15) is 11.5 Å². The summed E-state index contributed by atoms with van der Waals surface area (Å²) in [7, 11) is 0. The molecule has 0 bridgehead atoms. The van der Waals surface area contributed by atoms with E-state index in [9.17, 15) is 0 Å². The predicted octanol–water partition coefficient (Wildman–Crippen LogP) is 5.15. The lowest BCUT2D eigenvalue weighted by atomic mass is 10.0. The van der Waals surface area contributed by atoms with Crippen LogP contribution in [0.15, 0.2) is 36.4 Å². The summed E-state index contributed by atoms with van der Waals surface area (Å²) in [6, 6.07) is 11.4. The molecule has 100 valence electrons. The third-order valence-electron chi connectivity index (χ3n) is 3.06. The van der Waals surface area contributed by atoms with Crippen LogP contribution in [0.2, 0.25) is 5.02 Å². The highest BCUT2D eigenvalue weighted by Gasteiger charge is 2.11. The van der Waals surface area contributed by atoms with Crippen LogP contribution in [0.1, 0.15) is 30.9 Å². The molecule has 0 fully saturated rings. The van der Waals surface area contributed by atoms with Gasteiger partial charge in [-0.1, -0.05) is 37.6 Å². The molecular formula is C16H18ClNO. The van der Waals surface area contributed by atoms with E-state index in [1.807, 2.05) is 43.3 Å². The van der Waals surface area contributed by atoms with E-state index in [1.165, 1.54) is 0 Å². The first-order valence-corrected chi connectivity index (χ1v) is 6.69. The number of halogens is 1. The Labute approximate surface area is 119 Å². The van der Waals surface area contributed by atoms with Gasteiger partial charge in [0.15, 0.2) is 0 Å². The maximum atomic E-state index is 6.25. The van der Waals surface area contributed by atoms with Crippen molar-refractivity contribution in [3.8, 4) is 11.5 Å². The minimum atomic E-state index is 0.351. The van der Waals surface area contributed by atoms with Crippen LogP contribution in [0.4, 0.5) is 5.69 Å². The zero-order chi connectivity index (χ0) is 14.0. The fourth-order valence-electron chi connectivity index (χ4n) is 1.91. The number of anilines is 1. The topological polar surface area (TPSA) is 35.2 Å². The highest BCUT2D eigenvalue weighted by Crippen LogP contribution is 2.35. The summed E-state index contributed by atoms with van der Waals surface area (Å²) >= 11 is 6.25. The molecule has 2 N–H and O–H groups in total. The Balaban J connectivity index is 2.40. The van der Waals surface area contributed by atoms with Crippen LogP contribution in [0, 0.1) is 6.92 Å². The molecule has 2 rings (SSSR count). The normalized spacial score (nSPS) is 10.8. The molecule has 0 amide bonds. The molecule has 0 aliphatic heterocycles. The summed E-state index contributed by atoms with van der Waals surface area (Å²) in [5.41, 5.74) is 8.60. The molecule has 0 heterocycles. The Morgan fingerprint density at radius 1 is 1.11 bits per heavy atom. The molecule has 2 aromatic rings. The first-order valence-electron chi connectivity index (χ1n) is 6.31. The van der Waals surface area contributed by atoms with Gasteiger partial charge in [-0.2, -0.15) is 0 Å². The lowest BCUT2D eigenvalue weighted by Crippen LogP contribution is -1.96. The van der Waals surface area contributed by atoms with Gasteiger partial charge in [0.25, 0.3) is 0 Å². The fourth-order valence-corrected chi connectivity index (χ4v) is 2.35. The lowest BCUT2D eigenvalue weighted by Gasteiger charge is -2.15. The summed E-state index contributed by atoms with van der Waals surface area (Å²) in [4.78, 5) is 0. The zero-order valence-corrected chi connectivity index (χ0v) is 12.2. The van der Waals surface area contributed by atoms with Gasteiger partial charge < -0.3 is 10.5 Å². The molecule has 2 aromatic carbocycles. The third kappa shape index (κ3) is 3.02. The molecule has 2 nitrogen and oxygen atoms in total. The SMILES string of the molecule is Cc1cc(Cl)c(C(C)C)cc1Oc1ccccc1N. The van der Waals surface area contributed by atoms with E-state index in [-0.39, 0.29) is 0 Å². The van der Waals surface area contributed by atoms with Crippen LogP contribution in [0.25, 0.3) is 0 Å². The van der Waals surface area contributed by atoms with Gasteiger partial charge in [-0.05, 0) is 48.2 Å². The number of nitrogen functional groups attached to an aromatic ring is 1. The fraction of sp³-hybridized carbons (Fsp3) is 0.250. The Kier molecular flexibility index (Phi) is 4.01. The average molecular weight is 276 g/mol. The van der Waals surface area contributed by atoms with Crippen molar-refractivity contribution in [3.05, 3.63) is 52.5 Å². The van der Waals surface area contributed by atoms with Crippen molar-refractivity contribution in [2.24, 2.45) is 0 Å². The van der Waals surface area contributed by atoms with Crippen LogP contribution in [0.3, 0.4) is 0 Å². The molecule has 0 spiro atoms. The maximum absolute atomic E-state index is 6.25. The standard InChI is InChI=1S/C16H18ClNO/c1-10(2)12-9-16(11(3)8-13(12)17)19-15-7-5-4-6-14(15)18/h4-10H,18H2,1-3H3. The minimum absolute atomic E-state index is 0.351. The third-order valence-corrected chi connectivity index (χ3v) is 3.38. The van der Waals surface area contributed by atoms with Gasteiger partial charge >= 0.3 is 0 Å². The molecule has 3 heteroatoms. The Morgan fingerprint density at radius 3 is 2.42 bits per heavy atom. The van der Waals surface area contributed by atoms with Gasteiger partial charge in [0.2, 0.25) is 0 Å². The van der Waals surface area contributed by atoms with Crippen LogP contribution >= 0.6 is 11.6 Å². The molecule has 0 saturated carbocycles. The van der Waals surface area contributed by atoms with Crippen molar-refractivity contribution < 1.29 is 4.74 Å². The van der Waals surface area contributed by atoms with Crippen molar-refractivity contribution >= 4 is 17.3 Å². The van der Waals surface area contributed by atoms with E-state index in [0.29, 0.717) is 17.4 Å². The van der Waals surface area contributed by atoms with Crippen LogP contribution in [-0.2, 0) is 0 Å². The second-order valence-electron chi connectivity index (χ2n) is 4.93. The number of hydrogen-bond acceptors (Lipinski definition) is 2. The number of nitrogens with two attached hydrogens (primary N) is 1. The molecule has 0 saturated heterocycles. The van der Waals surface area contributed by atoms with Crippen molar-refractivity contribution in [2.75, 3.05) is 5.73 Å². The predicted molar refractivity (Wildman–Crippen MR) is 81.2 cm³/mol. The molecular weight excluding hydrogens is 258 g/mol. The van der Waals surface area contributed by atoms with E-state index < -0.39 is 0 Å². The molecule has 19 heavy (non-hydrogen) atoms. The van der Waals surface area contributed by atoms with Crippen LogP contribution < -0.4 is 10.5 Å². The Bertz CT molecular complexity index is 593. The minimum Gasteiger partial charge on any atom is -0.455 e. The molecule has 0 radical (unpaired) electrons. The zero-order valence-electron chi connectivity index (χ0n) is 11.4. The van der Waals surface area contributed by atoms with Crippen LogP contribution in [0.5, 0.6) is 11.5 Å². The van der Waals surface area contributed by atoms with Crippen molar-refractivity contribution in [3.63, 3.8) is 0 Å². The second-order valence-corrected chi connectivity index (χ2v) is 5.34. The maximum Gasteiger partial charge on any atom is 0.150 e. The molecule has 0 aromatic heterocycles. The van der Waals surface area contributed by atoms with Crippen molar-refractivity contribution in [1.29, 1.82) is 0 Å². The smallest absolute Gasteiger partial charge is 0.150 e. The summed E-state index contributed by atoms with van der Waals surface area (Å²) < 4.78 is 5.90. The summed E-state index contributed by atoms with van der Waals surface area (Å²) in [6.45, 7) is 6.19. The second kappa shape index (κ2) is 5.54. The van der Waals surface area contributed by atoms with Crippen molar-refractivity contribution in [1.82, 2.24) is 0 Å². The monoisotopic (exact) mass is 275 g/mol. The number of benzene rings is 2. The highest BCUT2D eigenvalue weighted by atomic mass is 35.5. The van der Waals surface area contributed by atoms with E-state index >= 15 is 0 Å². The first-order chi connectivity index (χ1) is 8.99. The largest absolute Gasteiger partial charge is 0.455 e. The molecule has 0 aliphatic carbocycles. The number of rotatable bonds is 3. The van der Waals surface area contributed by atoms with Gasteiger partial charge in [-0.15, -0.1) is 0 Å². The number of hydrogen-bond donors (Lipinski definition) is 1. The summed E-state index contributed by atoms with van der Waals surface area (Å²) in [5, 5.41) is 0.779. The van der Waals surface area contributed by atoms with Gasteiger partial charge in [-0.3, -0.25) is 0 Å². The Morgan fingerprint density at radius 2 is 1.79 bits per heavy atom. The molecule has 0 aliphatic rings. The number of ether oxygens (including phenoxy) is 1. The van der Waals surface area contributed by atoms with E-state index in [1.54, 1.807) is 0 Å². The number of aryl methyl sites for hydroxylation is 1.